The number of Topliss-reactive ketones (excluding diaryl/α,β-unsaturated/α-hetero) is 1. The van der Waals surface area contributed by atoms with Crippen LogP contribution < -0.4 is 0 Å². The molecule has 4 aliphatic rings. The van der Waals surface area contributed by atoms with Crippen LogP contribution in [0, 0.1) is 28.6 Å². The third-order valence-corrected chi connectivity index (χ3v) is 8.17. The first-order valence-electron chi connectivity index (χ1n) is 9.46. The van der Waals surface area contributed by atoms with E-state index in [9.17, 15) is 24.9 Å². The van der Waals surface area contributed by atoms with Crippen molar-refractivity contribution in [2.75, 3.05) is 6.61 Å². The highest BCUT2D eigenvalue weighted by molar-refractivity contribution is 6.44. The summed E-state index contributed by atoms with van der Waals surface area (Å²) in [7, 11) is 0. The molecule has 0 saturated heterocycles. The molecule has 2 saturated carbocycles. The first-order valence-corrected chi connectivity index (χ1v) is 9.84. The predicted octanol–water partition coefficient (Wildman–Crippen LogP) is 1.90. The van der Waals surface area contributed by atoms with Crippen molar-refractivity contribution in [3.63, 3.8) is 0 Å². The highest BCUT2D eigenvalue weighted by Crippen LogP contribution is 2.65. The number of ketones is 2. The van der Waals surface area contributed by atoms with Gasteiger partial charge >= 0.3 is 0 Å². The summed E-state index contributed by atoms with van der Waals surface area (Å²) in [6.45, 7) is 3.14. The molecule has 0 spiro atoms. The van der Waals surface area contributed by atoms with Crippen LogP contribution in [0.15, 0.2) is 34.9 Å². The van der Waals surface area contributed by atoms with E-state index in [0.29, 0.717) is 6.42 Å². The van der Waals surface area contributed by atoms with Gasteiger partial charge in [0, 0.05) is 16.7 Å². The van der Waals surface area contributed by atoms with Crippen molar-refractivity contribution < 1.29 is 24.9 Å². The molecule has 7 atom stereocenters. The molecule has 2 fully saturated rings. The average Bonchev–Trinajstić information content (AvgIpc) is 2.87. The Morgan fingerprint density at radius 3 is 2.74 bits per heavy atom. The number of aliphatic hydroxyl groups is 3. The Hall–Kier alpha value is -1.27. The SMILES string of the molecule is C[C@]12C=C(Cl)C(=O)C=C1C=C[C@@H]1[C@@H]2[C@@H](O)C[C@@]2(C)[C@H]1CC[C@]2(O)C(=O)CO. The second-order valence-electron chi connectivity index (χ2n) is 8.98. The van der Waals surface area contributed by atoms with E-state index in [1.807, 2.05) is 26.0 Å². The summed E-state index contributed by atoms with van der Waals surface area (Å²) in [5.41, 5.74) is -2.18. The van der Waals surface area contributed by atoms with Crippen molar-refractivity contribution in [2.45, 2.75) is 44.8 Å². The van der Waals surface area contributed by atoms with Gasteiger partial charge < -0.3 is 15.3 Å². The van der Waals surface area contributed by atoms with Crippen LogP contribution in [0.4, 0.5) is 0 Å². The van der Waals surface area contributed by atoms with E-state index in [-0.39, 0.29) is 41.4 Å². The Balaban J connectivity index is 1.81. The molecule has 0 heterocycles. The van der Waals surface area contributed by atoms with Crippen molar-refractivity contribution in [3.05, 3.63) is 34.9 Å². The minimum Gasteiger partial charge on any atom is -0.393 e. The lowest BCUT2D eigenvalue weighted by molar-refractivity contribution is -0.172. The van der Waals surface area contributed by atoms with E-state index in [0.717, 1.165) is 5.57 Å². The summed E-state index contributed by atoms with van der Waals surface area (Å²) < 4.78 is 0. The summed E-state index contributed by atoms with van der Waals surface area (Å²) in [5.74, 6) is -1.07. The Morgan fingerprint density at radius 2 is 2.07 bits per heavy atom. The van der Waals surface area contributed by atoms with Gasteiger partial charge in [0.25, 0.3) is 0 Å². The number of hydrogen-bond donors (Lipinski definition) is 3. The van der Waals surface area contributed by atoms with Gasteiger partial charge in [-0.3, -0.25) is 9.59 Å². The molecule has 6 heteroatoms. The van der Waals surface area contributed by atoms with Gasteiger partial charge in [-0.2, -0.15) is 0 Å². The molecule has 0 unspecified atom stereocenters. The van der Waals surface area contributed by atoms with E-state index in [4.69, 9.17) is 11.6 Å². The maximum absolute atomic E-state index is 12.4. The first-order chi connectivity index (χ1) is 12.6. The molecule has 146 valence electrons. The zero-order valence-electron chi connectivity index (χ0n) is 15.5. The number of hydrogen-bond acceptors (Lipinski definition) is 5. The molecule has 4 aliphatic carbocycles. The summed E-state index contributed by atoms with van der Waals surface area (Å²) in [5, 5.41) is 31.8. The average molecular weight is 393 g/mol. The van der Waals surface area contributed by atoms with Gasteiger partial charge in [0.1, 0.15) is 12.2 Å². The van der Waals surface area contributed by atoms with E-state index in [2.05, 4.69) is 0 Å². The van der Waals surface area contributed by atoms with Crippen molar-refractivity contribution in [3.8, 4) is 0 Å². The molecular weight excluding hydrogens is 368 g/mol. The third kappa shape index (κ3) is 2.29. The number of aliphatic hydroxyl groups excluding tert-OH is 2. The third-order valence-electron chi connectivity index (χ3n) is 7.87. The maximum Gasteiger partial charge on any atom is 0.197 e. The zero-order chi connectivity index (χ0) is 19.8. The van der Waals surface area contributed by atoms with Crippen LogP contribution in [0.3, 0.4) is 0 Å². The number of fused-ring (bicyclic) bond motifs is 5. The maximum atomic E-state index is 12.4. The van der Waals surface area contributed by atoms with Crippen LogP contribution in [-0.2, 0) is 9.59 Å². The van der Waals surface area contributed by atoms with Crippen molar-refractivity contribution in [2.24, 2.45) is 28.6 Å². The highest BCUT2D eigenvalue weighted by atomic mass is 35.5. The molecule has 27 heavy (non-hydrogen) atoms. The monoisotopic (exact) mass is 392 g/mol. The Morgan fingerprint density at radius 1 is 1.37 bits per heavy atom. The van der Waals surface area contributed by atoms with E-state index >= 15 is 0 Å². The second-order valence-corrected chi connectivity index (χ2v) is 9.38. The predicted molar refractivity (Wildman–Crippen MR) is 99.8 cm³/mol. The number of halogens is 1. The lowest BCUT2D eigenvalue weighted by atomic mass is 9.48. The lowest BCUT2D eigenvalue weighted by Crippen LogP contribution is -2.61. The molecule has 4 rings (SSSR count). The summed E-state index contributed by atoms with van der Waals surface area (Å²) in [4.78, 5) is 24.4. The second kappa shape index (κ2) is 5.86. The van der Waals surface area contributed by atoms with Gasteiger partial charge in [-0.1, -0.05) is 43.7 Å². The number of rotatable bonds is 2. The van der Waals surface area contributed by atoms with Crippen molar-refractivity contribution in [1.29, 1.82) is 0 Å². The number of allylic oxidation sites excluding steroid dienone is 6. The quantitative estimate of drug-likeness (QED) is 0.667. The van der Waals surface area contributed by atoms with Crippen LogP contribution in [0.2, 0.25) is 0 Å². The molecule has 0 aromatic heterocycles. The van der Waals surface area contributed by atoms with Gasteiger partial charge in [0.15, 0.2) is 11.6 Å². The fraction of sp³-hybridized carbons (Fsp3) is 0.619. The summed E-state index contributed by atoms with van der Waals surface area (Å²) >= 11 is 6.15. The van der Waals surface area contributed by atoms with Gasteiger partial charge in [-0.15, -0.1) is 0 Å². The minimum atomic E-state index is -1.63. The Kier molecular flexibility index (Phi) is 4.14. The van der Waals surface area contributed by atoms with Crippen LogP contribution >= 0.6 is 11.6 Å². The molecule has 0 bridgehead atoms. The summed E-state index contributed by atoms with van der Waals surface area (Å²) in [6.07, 6.45) is 7.63. The summed E-state index contributed by atoms with van der Waals surface area (Å²) in [6, 6.07) is 0. The van der Waals surface area contributed by atoms with Gasteiger partial charge in [-0.25, -0.2) is 0 Å². The van der Waals surface area contributed by atoms with Crippen LogP contribution in [0.1, 0.15) is 33.1 Å². The standard InChI is InChI=1S/C21H25ClO5/c1-19-8-14(22)15(24)7-11(19)3-4-12-13-5-6-21(27,17(26)10-23)20(13,2)9-16(25)18(12)19/h3-4,7-8,12-13,16,18,23,25,27H,5-6,9-10H2,1-2H3/t12-,13-,16-,18+,19-,20-,21-/m0/s1. The van der Waals surface area contributed by atoms with Gasteiger partial charge in [-0.05, 0) is 42.7 Å². The van der Waals surface area contributed by atoms with Crippen LogP contribution in [0.25, 0.3) is 0 Å². The first kappa shape index (κ1) is 19.1. The van der Waals surface area contributed by atoms with Gasteiger partial charge in [0.2, 0.25) is 0 Å². The minimum absolute atomic E-state index is 0.00849. The number of carbonyl (C=O) groups excluding carboxylic acids is 2. The van der Waals surface area contributed by atoms with Crippen LogP contribution in [-0.4, -0.2) is 45.2 Å². The largest absolute Gasteiger partial charge is 0.393 e. The van der Waals surface area contributed by atoms with E-state index < -0.39 is 34.9 Å². The Bertz CT molecular complexity index is 813. The van der Waals surface area contributed by atoms with E-state index in [1.54, 1.807) is 6.08 Å². The van der Waals surface area contributed by atoms with Crippen LogP contribution in [0.5, 0.6) is 0 Å². The van der Waals surface area contributed by atoms with Crippen molar-refractivity contribution in [1.82, 2.24) is 0 Å². The fourth-order valence-corrected chi connectivity index (χ4v) is 6.72. The molecule has 0 radical (unpaired) electrons. The normalized spacial score (nSPS) is 48.3. The molecule has 0 aromatic rings. The molecule has 3 N–H and O–H groups in total. The fourth-order valence-electron chi connectivity index (χ4n) is 6.44. The zero-order valence-corrected chi connectivity index (χ0v) is 16.2. The molecular formula is C21H25ClO5. The molecule has 0 amide bonds. The smallest absolute Gasteiger partial charge is 0.197 e. The molecule has 0 aromatic carbocycles. The number of carbonyl (C=O) groups is 2. The topological polar surface area (TPSA) is 94.8 Å². The van der Waals surface area contributed by atoms with E-state index in [1.165, 1.54) is 6.08 Å². The lowest BCUT2D eigenvalue weighted by Gasteiger charge is -2.57. The van der Waals surface area contributed by atoms with Crippen molar-refractivity contribution >= 4 is 23.2 Å². The highest BCUT2D eigenvalue weighted by Gasteiger charge is 2.67. The van der Waals surface area contributed by atoms with Gasteiger partial charge in [0.05, 0.1) is 11.1 Å². The molecule has 5 nitrogen and oxygen atoms in total. The Labute approximate surface area is 163 Å². The molecule has 0 aliphatic heterocycles.